The normalized spacial score (nSPS) is 22.9. The SMILES string of the molecule is O=C(Cc1noc2ccccc12)N1CCC[C@@H](N2CCCCCC2)C1. The minimum atomic E-state index is 0.179. The molecule has 2 saturated heterocycles. The van der Waals surface area contributed by atoms with E-state index in [0.717, 1.165) is 36.2 Å². The summed E-state index contributed by atoms with van der Waals surface area (Å²) in [5, 5.41) is 5.07. The van der Waals surface area contributed by atoms with Crippen LogP contribution in [-0.2, 0) is 11.2 Å². The van der Waals surface area contributed by atoms with Crippen LogP contribution in [-0.4, -0.2) is 53.1 Å². The maximum absolute atomic E-state index is 12.8. The summed E-state index contributed by atoms with van der Waals surface area (Å²) in [6, 6.07) is 8.29. The number of hydrogen-bond donors (Lipinski definition) is 0. The highest BCUT2D eigenvalue weighted by Crippen LogP contribution is 2.22. The summed E-state index contributed by atoms with van der Waals surface area (Å²) in [5.41, 5.74) is 1.52. The van der Waals surface area contributed by atoms with E-state index < -0.39 is 0 Å². The number of para-hydroxylation sites is 1. The Hall–Kier alpha value is -1.88. The molecule has 1 aromatic heterocycles. The molecule has 2 fully saturated rings. The molecule has 0 radical (unpaired) electrons. The van der Waals surface area contributed by atoms with Crippen molar-refractivity contribution in [3.8, 4) is 0 Å². The molecule has 5 heteroatoms. The third-order valence-electron chi connectivity index (χ3n) is 5.68. The number of rotatable bonds is 3. The molecule has 0 bridgehead atoms. The van der Waals surface area contributed by atoms with Gasteiger partial charge in [0.25, 0.3) is 0 Å². The average Bonchev–Trinajstić information content (AvgIpc) is 2.87. The Bertz CT molecular complexity index is 719. The molecule has 1 atom stereocenters. The van der Waals surface area contributed by atoms with Gasteiger partial charge in [-0.05, 0) is 50.9 Å². The van der Waals surface area contributed by atoms with Crippen LogP contribution in [0.25, 0.3) is 11.0 Å². The van der Waals surface area contributed by atoms with Gasteiger partial charge in [0, 0.05) is 24.5 Å². The van der Waals surface area contributed by atoms with Crippen LogP contribution < -0.4 is 0 Å². The summed E-state index contributed by atoms with van der Waals surface area (Å²) in [5.74, 6) is 0.179. The largest absolute Gasteiger partial charge is 0.356 e. The van der Waals surface area contributed by atoms with Gasteiger partial charge in [0.15, 0.2) is 5.58 Å². The van der Waals surface area contributed by atoms with E-state index in [1.807, 2.05) is 29.2 Å². The number of fused-ring (bicyclic) bond motifs is 1. The van der Waals surface area contributed by atoms with Gasteiger partial charge < -0.3 is 9.42 Å². The maximum Gasteiger partial charge on any atom is 0.228 e. The first kappa shape index (κ1) is 16.6. The molecule has 25 heavy (non-hydrogen) atoms. The van der Waals surface area contributed by atoms with E-state index in [0.29, 0.717) is 12.5 Å². The molecule has 2 aromatic rings. The summed E-state index contributed by atoms with van der Waals surface area (Å²) in [7, 11) is 0. The number of carbonyl (C=O) groups is 1. The summed E-state index contributed by atoms with van der Waals surface area (Å²) in [6.07, 6.45) is 7.97. The minimum Gasteiger partial charge on any atom is -0.356 e. The van der Waals surface area contributed by atoms with Crippen LogP contribution >= 0.6 is 0 Å². The topological polar surface area (TPSA) is 49.6 Å². The fourth-order valence-corrected chi connectivity index (χ4v) is 4.26. The summed E-state index contributed by atoms with van der Waals surface area (Å²) < 4.78 is 5.34. The smallest absolute Gasteiger partial charge is 0.228 e. The van der Waals surface area contributed by atoms with Gasteiger partial charge in [-0.2, -0.15) is 0 Å². The first-order valence-corrected chi connectivity index (χ1v) is 9.66. The Labute approximate surface area is 148 Å². The van der Waals surface area contributed by atoms with E-state index in [-0.39, 0.29) is 5.91 Å². The molecule has 0 unspecified atom stereocenters. The van der Waals surface area contributed by atoms with E-state index in [1.54, 1.807) is 0 Å². The molecule has 2 aliphatic heterocycles. The molecule has 0 aliphatic carbocycles. The lowest BCUT2D eigenvalue weighted by Gasteiger charge is -2.39. The second-order valence-electron chi connectivity index (χ2n) is 7.39. The number of likely N-dealkylation sites (tertiary alicyclic amines) is 2. The van der Waals surface area contributed by atoms with Crippen molar-refractivity contribution in [2.75, 3.05) is 26.2 Å². The van der Waals surface area contributed by atoms with Crippen molar-refractivity contribution in [2.45, 2.75) is 51.0 Å². The van der Waals surface area contributed by atoms with Crippen LogP contribution in [0.4, 0.5) is 0 Å². The lowest BCUT2D eigenvalue weighted by atomic mass is 10.0. The quantitative estimate of drug-likeness (QED) is 0.860. The summed E-state index contributed by atoms with van der Waals surface area (Å²) in [6.45, 7) is 4.13. The van der Waals surface area contributed by atoms with Crippen molar-refractivity contribution in [2.24, 2.45) is 0 Å². The lowest BCUT2D eigenvalue weighted by molar-refractivity contribution is -0.132. The Kier molecular flexibility index (Phi) is 5.02. The van der Waals surface area contributed by atoms with Gasteiger partial charge in [-0.25, -0.2) is 0 Å². The number of piperidine rings is 1. The molecule has 1 amide bonds. The predicted octanol–water partition coefficient (Wildman–Crippen LogP) is 3.24. The zero-order chi connectivity index (χ0) is 17.1. The average molecular weight is 341 g/mol. The number of nitrogens with zero attached hydrogens (tertiary/aromatic N) is 3. The molecule has 0 spiro atoms. The maximum atomic E-state index is 12.8. The van der Waals surface area contributed by atoms with Gasteiger partial charge in [-0.1, -0.05) is 30.1 Å². The number of amides is 1. The van der Waals surface area contributed by atoms with E-state index in [1.165, 1.54) is 45.2 Å². The Balaban J connectivity index is 1.41. The van der Waals surface area contributed by atoms with Crippen LogP contribution in [0.2, 0.25) is 0 Å². The van der Waals surface area contributed by atoms with Crippen LogP contribution in [0.3, 0.4) is 0 Å². The summed E-state index contributed by atoms with van der Waals surface area (Å²) in [4.78, 5) is 17.5. The molecule has 1 aromatic carbocycles. The predicted molar refractivity (Wildman–Crippen MR) is 97.4 cm³/mol. The number of carbonyl (C=O) groups excluding carboxylic acids is 1. The first-order chi connectivity index (χ1) is 12.3. The van der Waals surface area contributed by atoms with Crippen LogP contribution in [0, 0.1) is 0 Å². The van der Waals surface area contributed by atoms with Crippen LogP contribution in [0.5, 0.6) is 0 Å². The zero-order valence-electron chi connectivity index (χ0n) is 14.8. The number of benzene rings is 1. The van der Waals surface area contributed by atoms with Gasteiger partial charge >= 0.3 is 0 Å². The zero-order valence-corrected chi connectivity index (χ0v) is 14.8. The third-order valence-corrected chi connectivity index (χ3v) is 5.68. The molecule has 0 N–H and O–H groups in total. The van der Waals surface area contributed by atoms with Gasteiger partial charge in [0.1, 0.15) is 5.69 Å². The van der Waals surface area contributed by atoms with Crippen molar-refractivity contribution in [1.29, 1.82) is 0 Å². The second-order valence-corrected chi connectivity index (χ2v) is 7.39. The molecular formula is C20H27N3O2. The fourth-order valence-electron chi connectivity index (χ4n) is 4.26. The highest BCUT2D eigenvalue weighted by atomic mass is 16.5. The monoisotopic (exact) mass is 341 g/mol. The molecule has 5 nitrogen and oxygen atoms in total. The molecule has 4 rings (SSSR count). The van der Waals surface area contributed by atoms with Crippen LogP contribution in [0.1, 0.15) is 44.2 Å². The lowest BCUT2D eigenvalue weighted by Crippen LogP contribution is -2.50. The number of hydrogen-bond acceptors (Lipinski definition) is 4. The van der Waals surface area contributed by atoms with Crippen molar-refractivity contribution in [3.05, 3.63) is 30.0 Å². The molecule has 0 saturated carbocycles. The summed E-state index contributed by atoms with van der Waals surface area (Å²) >= 11 is 0. The van der Waals surface area contributed by atoms with Gasteiger partial charge in [-0.15, -0.1) is 0 Å². The Morgan fingerprint density at radius 3 is 2.72 bits per heavy atom. The van der Waals surface area contributed by atoms with E-state index in [2.05, 4.69) is 10.1 Å². The van der Waals surface area contributed by atoms with Crippen molar-refractivity contribution < 1.29 is 9.32 Å². The molecule has 134 valence electrons. The van der Waals surface area contributed by atoms with Crippen LogP contribution in [0.15, 0.2) is 28.8 Å². The number of aromatic nitrogens is 1. The molecular weight excluding hydrogens is 314 g/mol. The van der Waals surface area contributed by atoms with Crippen molar-refractivity contribution in [3.63, 3.8) is 0 Å². The van der Waals surface area contributed by atoms with Gasteiger partial charge in [0.2, 0.25) is 5.91 Å². The minimum absolute atomic E-state index is 0.179. The highest BCUT2D eigenvalue weighted by Gasteiger charge is 2.28. The van der Waals surface area contributed by atoms with E-state index in [9.17, 15) is 4.79 Å². The van der Waals surface area contributed by atoms with Gasteiger partial charge in [-0.3, -0.25) is 9.69 Å². The van der Waals surface area contributed by atoms with Gasteiger partial charge in [0.05, 0.1) is 6.42 Å². The van der Waals surface area contributed by atoms with E-state index in [4.69, 9.17) is 4.52 Å². The molecule has 2 aliphatic rings. The second kappa shape index (κ2) is 7.56. The highest BCUT2D eigenvalue weighted by molar-refractivity contribution is 5.86. The van der Waals surface area contributed by atoms with E-state index >= 15 is 0 Å². The standard InChI is InChI=1S/C20H27N3O2/c24-20(14-18-17-9-3-4-10-19(17)25-21-18)23-13-7-8-16(15-23)22-11-5-1-2-6-12-22/h3-4,9-10,16H,1-2,5-8,11-15H2/t16-/m1/s1. The Morgan fingerprint density at radius 2 is 1.88 bits per heavy atom. The third kappa shape index (κ3) is 3.71. The van der Waals surface area contributed by atoms with Crippen molar-refractivity contribution in [1.82, 2.24) is 15.0 Å². The molecule has 3 heterocycles. The Morgan fingerprint density at radius 1 is 1.08 bits per heavy atom. The van der Waals surface area contributed by atoms with Crippen molar-refractivity contribution >= 4 is 16.9 Å². The first-order valence-electron chi connectivity index (χ1n) is 9.66. The fraction of sp³-hybridized carbons (Fsp3) is 0.600.